The Bertz CT molecular complexity index is 986. The van der Waals surface area contributed by atoms with E-state index in [-0.39, 0.29) is 33.6 Å². The van der Waals surface area contributed by atoms with E-state index in [9.17, 15) is 24.3 Å². The van der Waals surface area contributed by atoms with Gasteiger partial charge < -0.3 is 14.9 Å². The maximum absolute atomic E-state index is 12.9. The molecule has 0 saturated carbocycles. The number of carbonyl (C=O) groups excluding carboxylic acids is 3. The van der Waals surface area contributed by atoms with Gasteiger partial charge in [0, 0.05) is 11.1 Å². The molecule has 7 nitrogen and oxygen atoms in total. The van der Waals surface area contributed by atoms with Crippen LogP contribution >= 0.6 is 0 Å². The van der Waals surface area contributed by atoms with Gasteiger partial charge in [-0.2, -0.15) is 0 Å². The average molecular weight is 354 g/mol. The highest BCUT2D eigenvalue weighted by Crippen LogP contribution is 2.37. The summed E-state index contributed by atoms with van der Waals surface area (Å²) in [6, 6.07) is 6.18. The summed E-state index contributed by atoms with van der Waals surface area (Å²) in [5, 5.41) is 19.2. The Balaban J connectivity index is 2.20. The highest BCUT2D eigenvalue weighted by Gasteiger charge is 2.36. The second kappa shape index (κ2) is 6.11. The number of carbonyl (C=O) groups is 4. The zero-order chi connectivity index (χ0) is 19.2. The number of aromatic carboxylic acids is 1. The van der Waals surface area contributed by atoms with Gasteiger partial charge in [0.05, 0.1) is 22.6 Å². The lowest BCUT2D eigenvalue weighted by Crippen LogP contribution is -2.24. The van der Waals surface area contributed by atoms with Crippen LogP contribution in [0.4, 0.5) is 0 Å². The number of aromatic hydroxyl groups is 1. The molecule has 0 aromatic heterocycles. The number of hydrogen-bond donors (Lipinski definition) is 2. The lowest BCUT2D eigenvalue weighted by Gasteiger charge is -2.21. The summed E-state index contributed by atoms with van der Waals surface area (Å²) in [6.07, 6.45) is 0. The van der Waals surface area contributed by atoms with E-state index in [0.29, 0.717) is 0 Å². The third kappa shape index (κ3) is 2.63. The monoisotopic (exact) mass is 354 g/mol. The number of benzene rings is 2. The van der Waals surface area contributed by atoms with Crippen LogP contribution in [0.15, 0.2) is 30.3 Å². The first-order valence-corrected chi connectivity index (χ1v) is 7.76. The first-order valence-electron chi connectivity index (χ1n) is 7.76. The molecule has 2 N–H and O–H groups in total. The van der Waals surface area contributed by atoms with Crippen molar-refractivity contribution in [1.82, 2.24) is 0 Å². The Kier molecular flexibility index (Phi) is 4.07. The van der Waals surface area contributed by atoms with Crippen molar-refractivity contribution in [2.75, 3.05) is 0 Å². The molecule has 0 saturated heterocycles. The van der Waals surface area contributed by atoms with Gasteiger partial charge in [-0.1, -0.05) is 26.0 Å². The standard InChI is InChI=1S/C19H14O7/c1-8(2)19(25)26-13-5-3-4-10-15(13)17(22)14-11(16(10)21)6-9(18(23)24)7-12(14)20/h3-8,20H,1-2H3,(H,23,24). The molecule has 0 amide bonds. The van der Waals surface area contributed by atoms with E-state index in [2.05, 4.69) is 0 Å². The summed E-state index contributed by atoms with van der Waals surface area (Å²) < 4.78 is 5.22. The third-order valence-corrected chi connectivity index (χ3v) is 4.02. The summed E-state index contributed by atoms with van der Waals surface area (Å²) >= 11 is 0. The van der Waals surface area contributed by atoms with E-state index in [1.807, 2.05) is 0 Å². The third-order valence-electron chi connectivity index (χ3n) is 4.02. The zero-order valence-corrected chi connectivity index (χ0v) is 13.9. The van der Waals surface area contributed by atoms with Crippen molar-refractivity contribution in [3.05, 3.63) is 58.1 Å². The van der Waals surface area contributed by atoms with Crippen molar-refractivity contribution >= 4 is 23.5 Å². The maximum Gasteiger partial charge on any atom is 0.335 e. The minimum atomic E-state index is -1.34. The van der Waals surface area contributed by atoms with E-state index < -0.39 is 35.2 Å². The Morgan fingerprint density at radius 1 is 1.00 bits per heavy atom. The van der Waals surface area contributed by atoms with Crippen molar-refractivity contribution in [2.45, 2.75) is 13.8 Å². The molecule has 1 aliphatic rings. The van der Waals surface area contributed by atoms with Gasteiger partial charge in [-0.15, -0.1) is 0 Å². The van der Waals surface area contributed by atoms with Crippen LogP contribution in [0, 0.1) is 5.92 Å². The second-order valence-corrected chi connectivity index (χ2v) is 6.14. The molecule has 26 heavy (non-hydrogen) atoms. The molecular formula is C19H14O7. The van der Waals surface area contributed by atoms with Crippen LogP contribution in [0.2, 0.25) is 0 Å². The zero-order valence-electron chi connectivity index (χ0n) is 13.9. The topological polar surface area (TPSA) is 118 Å². The predicted molar refractivity (Wildman–Crippen MR) is 88.8 cm³/mol. The van der Waals surface area contributed by atoms with Gasteiger partial charge in [-0.25, -0.2) is 4.79 Å². The quantitative estimate of drug-likeness (QED) is 0.548. The van der Waals surface area contributed by atoms with Crippen LogP contribution in [0.3, 0.4) is 0 Å². The molecule has 0 unspecified atom stereocenters. The van der Waals surface area contributed by atoms with E-state index in [0.717, 1.165) is 12.1 Å². The molecule has 0 spiro atoms. The van der Waals surface area contributed by atoms with Crippen molar-refractivity contribution < 1.29 is 34.1 Å². The number of phenolic OH excluding ortho intramolecular Hbond substituents is 1. The molecule has 2 aromatic rings. The van der Waals surface area contributed by atoms with Crippen molar-refractivity contribution in [1.29, 1.82) is 0 Å². The van der Waals surface area contributed by atoms with Gasteiger partial charge in [0.2, 0.25) is 5.78 Å². The Morgan fingerprint density at radius 3 is 2.31 bits per heavy atom. The smallest absolute Gasteiger partial charge is 0.335 e. The fraction of sp³-hybridized carbons (Fsp3) is 0.158. The number of carboxylic acid groups (broad SMARTS) is 1. The van der Waals surface area contributed by atoms with Crippen molar-refractivity contribution in [3.8, 4) is 11.5 Å². The number of ether oxygens (including phenoxy) is 1. The summed E-state index contributed by atoms with van der Waals surface area (Å²) in [7, 11) is 0. The van der Waals surface area contributed by atoms with Gasteiger partial charge in [-0.05, 0) is 18.2 Å². The summed E-state index contributed by atoms with van der Waals surface area (Å²) in [6.45, 7) is 3.25. The minimum Gasteiger partial charge on any atom is -0.507 e. The average Bonchev–Trinajstić information content (AvgIpc) is 2.58. The Morgan fingerprint density at radius 2 is 1.69 bits per heavy atom. The second-order valence-electron chi connectivity index (χ2n) is 6.14. The Hall–Kier alpha value is -3.48. The number of phenols is 1. The molecule has 0 bridgehead atoms. The van der Waals surface area contributed by atoms with Crippen LogP contribution in [0.1, 0.15) is 56.0 Å². The summed E-state index contributed by atoms with van der Waals surface area (Å²) in [5.41, 5.74) is -0.961. The van der Waals surface area contributed by atoms with Crippen LogP contribution < -0.4 is 4.74 Å². The number of hydrogen-bond acceptors (Lipinski definition) is 6. The van der Waals surface area contributed by atoms with Gasteiger partial charge in [0.1, 0.15) is 11.5 Å². The minimum absolute atomic E-state index is 0.0153. The summed E-state index contributed by atoms with van der Waals surface area (Å²) in [4.78, 5) is 48.7. The molecule has 132 valence electrons. The molecule has 2 aromatic carbocycles. The highest BCUT2D eigenvalue weighted by atomic mass is 16.5. The molecule has 0 fully saturated rings. The van der Waals surface area contributed by atoms with E-state index >= 15 is 0 Å². The summed E-state index contributed by atoms with van der Waals surface area (Å²) in [5.74, 6) is -4.39. The van der Waals surface area contributed by atoms with E-state index in [1.165, 1.54) is 18.2 Å². The molecular weight excluding hydrogens is 340 g/mol. The SMILES string of the molecule is CC(C)C(=O)Oc1cccc2c1C(=O)c1c(O)cc(C(=O)O)cc1C2=O. The first kappa shape index (κ1) is 17.3. The number of rotatable bonds is 3. The largest absolute Gasteiger partial charge is 0.507 e. The maximum atomic E-state index is 12.9. The van der Waals surface area contributed by atoms with Crippen LogP contribution in [-0.2, 0) is 4.79 Å². The highest BCUT2D eigenvalue weighted by molar-refractivity contribution is 6.30. The molecule has 0 heterocycles. The lowest BCUT2D eigenvalue weighted by molar-refractivity contribution is -0.137. The lowest BCUT2D eigenvalue weighted by atomic mass is 9.82. The number of fused-ring (bicyclic) bond motifs is 2. The van der Waals surface area contributed by atoms with Crippen molar-refractivity contribution in [2.24, 2.45) is 5.92 Å². The number of esters is 1. The molecule has 0 radical (unpaired) electrons. The molecule has 1 aliphatic carbocycles. The van der Waals surface area contributed by atoms with E-state index in [4.69, 9.17) is 9.84 Å². The normalized spacial score (nSPS) is 12.6. The van der Waals surface area contributed by atoms with Gasteiger partial charge in [-0.3, -0.25) is 14.4 Å². The first-order chi connectivity index (χ1) is 12.2. The van der Waals surface area contributed by atoms with Gasteiger partial charge in [0.25, 0.3) is 0 Å². The fourth-order valence-electron chi connectivity index (χ4n) is 2.70. The molecule has 0 atom stereocenters. The Labute approximate surface area is 147 Å². The number of ketones is 2. The van der Waals surface area contributed by atoms with Gasteiger partial charge >= 0.3 is 11.9 Å². The van der Waals surface area contributed by atoms with Crippen molar-refractivity contribution in [3.63, 3.8) is 0 Å². The molecule has 0 aliphatic heterocycles. The molecule has 7 heteroatoms. The van der Waals surface area contributed by atoms with Crippen LogP contribution in [0.5, 0.6) is 11.5 Å². The van der Waals surface area contributed by atoms with E-state index in [1.54, 1.807) is 13.8 Å². The predicted octanol–water partition coefficient (Wildman–Crippen LogP) is 2.43. The number of carboxylic acids is 1. The fourth-order valence-corrected chi connectivity index (χ4v) is 2.70. The van der Waals surface area contributed by atoms with Crippen LogP contribution in [-0.4, -0.2) is 33.7 Å². The van der Waals surface area contributed by atoms with Gasteiger partial charge in [0.15, 0.2) is 5.78 Å². The molecule has 3 rings (SSSR count). The van der Waals surface area contributed by atoms with Crippen LogP contribution in [0.25, 0.3) is 0 Å².